The molecule has 0 fully saturated rings. The third-order valence-electron chi connectivity index (χ3n) is 2.89. The van der Waals surface area contributed by atoms with Gasteiger partial charge in [-0.2, -0.15) is 0 Å². The lowest BCUT2D eigenvalue weighted by Gasteiger charge is -2.05. The van der Waals surface area contributed by atoms with E-state index in [-0.39, 0.29) is 12.5 Å². The summed E-state index contributed by atoms with van der Waals surface area (Å²) in [6, 6.07) is 17.3. The van der Waals surface area contributed by atoms with Crippen molar-refractivity contribution in [1.82, 2.24) is 0 Å². The zero-order valence-electron chi connectivity index (χ0n) is 12.0. The van der Waals surface area contributed by atoms with Crippen molar-refractivity contribution in [2.24, 2.45) is 5.16 Å². The number of oxime groups is 1. The van der Waals surface area contributed by atoms with Gasteiger partial charge in [0.2, 0.25) is 0 Å². The number of carbonyl (C=O) groups excluding carboxylic acids is 1. The lowest BCUT2D eigenvalue weighted by molar-refractivity contribution is -0.120. The number of nitrogens with one attached hydrogen (secondary N) is 1. The first-order chi connectivity index (χ1) is 10.3. The number of aryl methyl sites for hydroxylation is 1. The predicted octanol–water partition coefficient (Wildman–Crippen LogP) is 3.24. The summed E-state index contributed by atoms with van der Waals surface area (Å²) < 4.78 is 0. The molecule has 0 saturated heterocycles. The maximum atomic E-state index is 11.7. The lowest BCUT2D eigenvalue weighted by Crippen LogP contribution is -2.17. The Morgan fingerprint density at radius 3 is 2.76 bits per heavy atom. The highest BCUT2D eigenvalue weighted by molar-refractivity contribution is 5.91. The Labute approximate surface area is 124 Å². The number of hydrogen-bond donors (Lipinski definition) is 1. The molecule has 0 aliphatic rings. The Balaban J connectivity index is 1.78. The molecule has 0 unspecified atom stereocenters. The summed E-state index contributed by atoms with van der Waals surface area (Å²) in [5, 5.41) is 6.55. The highest BCUT2D eigenvalue weighted by Gasteiger charge is 2.02. The van der Waals surface area contributed by atoms with Gasteiger partial charge in [-0.3, -0.25) is 4.79 Å². The third kappa shape index (κ3) is 5.10. The van der Waals surface area contributed by atoms with E-state index in [2.05, 4.69) is 17.4 Å². The lowest BCUT2D eigenvalue weighted by atomic mass is 10.1. The molecule has 0 aliphatic heterocycles. The van der Waals surface area contributed by atoms with Crippen molar-refractivity contribution in [3.05, 3.63) is 65.7 Å². The molecular weight excluding hydrogens is 264 g/mol. The van der Waals surface area contributed by atoms with E-state index in [1.54, 1.807) is 6.21 Å². The minimum atomic E-state index is -0.228. The number of rotatable bonds is 6. The number of anilines is 1. The summed E-state index contributed by atoms with van der Waals surface area (Å²) in [6.45, 7) is 1.96. The fourth-order valence-corrected chi connectivity index (χ4v) is 1.80. The van der Waals surface area contributed by atoms with Crippen LogP contribution in [0.2, 0.25) is 0 Å². The summed E-state index contributed by atoms with van der Waals surface area (Å²) in [5.74, 6) is -0.228. The van der Waals surface area contributed by atoms with Gasteiger partial charge in [0.25, 0.3) is 5.91 Å². The summed E-state index contributed by atoms with van der Waals surface area (Å²) >= 11 is 0. The Kier molecular flexibility index (Phi) is 5.52. The van der Waals surface area contributed by atoms with Gasteiger partial charge >= 0.3 is 0 Å². The van der Waals surface area contributed by atoms with E-state index in [4.69, 9.17) is 4.84 Å². The van der Waals surface area contributed by atoms with Crippen LogP contribution in [0.4, 0.5) is 5.69 Å². The summed E-state index contributed by atoms with van der Waals surface area (Å²) in [4.78, 5) is 16.7. The van der Waals surface area contributed by atoms with Crippen LogP contribution >= 0.6 is 0 Å². The van der Waals surface area contributed by atoms with Crippen LogP contribution in [0.1, 0.15) is 18.1 Å². The molecule has 0 bridgehead atoms. The zero-order valence-corrected chi connectivity index (χ0v) is 12.0. The SMILES string of the molecule is CCc1cccc(NC(=O)CO/N=C/c2ccccc2)c1. The number of hydrogen-bond acceptors (Lipinski definition) is 3. The topological polar surface area (TPSA) is 50.7 Å². The molecule has 0 spiro atoms. The Morgan fingerprint density at radius 1 is 1.19 bits per heavy atom. The number of nitrogens with zero attached hydrogens (tertiary/aromatic N) is 1. The molecule has 0 heterocycles. The minimum Gasteiger partial charge on any atom is -0.386 e. The average Bonchev–Trinajstić information content (AvgIpc) is 2.53. The molecule has 4 heteroatoms. The van der Waals surface area contributed by atoms with Gasteiger partial charge in [0.1, 0.15) is 0 Å². The van der Waals surface area contributed by atoms with Crippen molar-refractivity contribution in [1.29, 1.82) is 0 Å². The van der Waals surface area contributed by atoms with Gasteiger partial charge in [-0.1, -0.05) is 54.5 Å². The van der Waals surface area contributed by atoms with Crippen LogP contribution in [-0.4, -0.2) is 18.7 Å². The van der Waals surface area contributed by atoms with E-state index in [1.165, 1.54) is 5.56 Å². The number of carbonyl (C=O) groups is 1. The smallest absolute Gasteiger partial charge is 0.265 e. The molecule has 108 valence electrons. The monoisotopic (exact) mass is 282 g/mol. The molecule has 1 N–H and O–H groups in total. The molecule has 0 saturated carbocycles. The van der Waals surface area contributed by atoms with Crippen LogP contribution in [0.15, 0.2) is 59.8 Å². The Morgan fingerprint density at radius 2 is 2.00 bits per heavy atom. The molecular formula is C17H18N2O2. The van der Waals surface area contributed by atoms with Crippen molar-refractivity contribution in [3.63, 3.8) is 0 Å². The molecule has 2 aromatic rings. The van der Waals surface area contributed by atoms with Gasteiger partial charge in [-0.15, -0.1) is 0 Å². The zero-order chi connectivity index (χ0) is 14.9. The first-order valence-corrected chi connectivity index (χ1v) is 6.87. The van der Waals surface area contributed by atoms with Gasteiger partial charge in [0, 0.05) is 5.69 Å². The van der Waals surface area contributed by atoms with Crippen LogP contribution in [0.3, 0.4) is 0 Å². The van der Waals surface area contributed by atoms with Gasteiger partial charge in [0.05, 0.1) is 6.21 Å². The summed E-state index contributed by atoms with van der Waals surface area (Å²) in [5.41, 5.74) is 2.87. The van der Waals surface area contributed by atoms with Gasteiger partial charge < -0.3 is 10.2 Å². The molecule has 21 heavy (non-hydrogen) atoms. The second kappa shape index (κ2) is 7.85. The summed E-state index contributed by atoms with van der Waals surface area (Å²) in [6.07, 6.45) is 2.51. The van der Waals surface area contributed by atoms with E-state index < -0.39 is 0 Å². The first-order valence-electron chi connectivity index (χ1n) is 6.87. The van der Waals surface area contributed by atoms with E-state index in [0.29, 0.717) is 0 Å². The van der Waals surface area contributed by atoms with Crippen molar-refractivity contribution in [3.8, 4) is 0 Å². The Hall–Kier alpha value is -2.62. The van der Waals surface area contributed by atoms with Gasteiger partial charge in [-0.25, -0.2) is 0 Å². The Bertz CT molecular complexity index is 609. The van der Waals surface area contributed by atoms with Crippen molar-refractivity contribution in [2.45, 2.75) is 13.3 Å². The maximum Gasteiger partial charge on any atom is 0.265 e. The standard InChI is InChI=1S/C17H18N2O2/c1-2-14-9-6-10-16(11-14)19-17(20)13-21-18-12-15-7-4-3-5-8-15/h3-12H,2,13H2,1H3,(H,19,20)/b18-12+. The second-order valence-corrected chi connectivity index (χ2v) is 4.52. The van der Waals surface area contributed by atoms with Crippen LogP contribution in [0.5, 0.6) is 0 Å². The summed E-state index contributed by atoms with van der Waals surface area (Å²) in [7, 11) is 0. The molecule has 1 amide bonds. The quantitative estimate of drug-likeness (QED) is 0.653. The molecule has 4 nitrogen and oxygen atoms in total. The normalized spacial score (nSPS) is 10.5. The van der Waals surface area contributed by atoms with Crippen molar-refractivity contribution in [2.75, 3.05) is 11.9 Å². The fraction of sp³-hybridized carbons (Fsp3) is 0.176. The molecule has 0 radical (unpaired) electrons. The number of amides is 1. The first kappa shape index (κ1) is 14.8. The molecule has 0 aromatic heterocycles. The molecule has 0 aliphatic carbocycles. The predicted molar refractivity (Wildman–Crippen MR) is 84.4 cm³/mol. The molecule has 2 rings (SSSR count). The molecule has 2 aromatic carbocycles. The molecule has 0 atom stereocenters. The van der Waals surface area contributed by atoms with E-state index in [9.17, 15) is 4.79 Å². The second-order valence-electron chi connectivity index (χ2n) is 4.52. The van der Waals surface area contributed by atoms with Crippen LogP contribution in [0, 0.1) is 0 Å². The van der Waals surface area contributed by atoms with Gasteiger partial charge in [0.15, 0.2) is 6.61 Å². The van der Waals surface area contributed by atoms with Crippen molar-refractivity contribution >= 4 is 17.8 Å². The van der Waals surface area contributed by atoms with Crippen molar-refractivity contribution < 1.29 is 9.63 Å². The minimum absolute atomic E-state index is 0.111. The van der Waals surface area contributed by atoms with Crippen LogP contribution in [0.25, 0.3) is 0 Å². The highest BCUT2D eigenvalue weighted by Crippen LogP contribution is 2.10. The average molecular weight is 282 g/mol. The maximum absolute atomic E-state index is 11.7. The van der Waals surface area contributed by atoms with Gasteiger partial charge in [-0.05, 0) is 29.7 Å². The van der Waals surface area contributed by atoms with E-state index in [0.717, 1.165) is 17.7 Å². The highest BCUT2D eigenvalue weighted by atomic mass is 16.6. The fourth-order valence-electron chi connectivity index (χ4n) is 1.80. The number of benzene rings is 2. The van der Waals surface area contributed by atoms with E-state index in [1.807, 2.05) is 54.6 Å². The van der Waals surface area contributed by atoms with Crippen LogP contribution in [-0.2, 0) is 16.1 Å². The van der Waals surface area contributed by atoms with Crippen LogP contribution < -0.4 is 5.32 Å². The van der Waals surface area contributed by atoms with E-state index >= 15 is 0 Å². The largest absolute Gasteiger partial charge is 0.386 e. The third-order valence-corrected chi connectivity index (χ3v) is 2.89.